The van der Waals surface area contributed by atoms with Gasteiger partial charge in [-0.2, -0.15) is 13.2 Å². The van der Waals surface area contributed by atoms with Crippen LogP contribution in [0.2, 0.25) is 0 Å². The fourth-order valence-electron chi connectivity index (χ4n) is 1.16. The first-order chi connectivity index (χ1) is 8.34. The molecule has 18 heavy (non-hydrogen) atoms. The van der Waals surface area contributed by atoms with E-state index in [4.69, 9.17) is 0 Å². The Morgan fingerprint density at radius 1 is 1.44 bits per heavy atom. The van der Waals surface area contributed by atoms with Gasteiger partial charge in [0.15, 0.2) is 0 Å². The lowest BCUT2D eigenvalue weighted by Crippen LogP contribution is -2.32. The Morgan fingerprint density at radius 3 is 2.67 bits per heavy atom. The summed E-state index contributed by atoms with van der Waals surface area (Å²) in [5.74, 6) is -0.710. The van der Waals surface area contributed by atoms with Gasteiger partial charge in [0.05, 0.1) is 12.2 Å². The highest BCUT2D eigenvalue weighted by Gasteiger charge is 2.31. The van der Waals surface area contributed by atoms with Crippen molar-refractivity contribution in [3.63, 3.8) is 0 Å². The average molecular weight is 264 g/mol. The van der Waals surface area contributed by atoms with Crippen LogP contribution in [0.3, 0.4) is 0 Å². The van der Waals surface area contributed by atoms with E-state index in [-0.39, 0.29) is 6.61 Å². The predicted octanol–water partition coefficient (Wildman–Crippen LogP) is 0.935. The van der Waals surface area contributed by atoms with Gasteiger partial charge in [-0.1, -0.05) is 0 Å². The fourth-order valence-corrected chi connectivity index (χ4v) is 1.16. The van der Waals surface area contributed by atoms with Gasteiger partial charge < -0.3 is 4.57 Å². The van der Waals surface area contributed by atoms with Crippen molar-refractivity contribution in [3.05, 3.63) is 34.2 Å². The third-order valence-corrected chi connectivity index (χ3v) is 1.96. The Balaban J connectivity index is 2.88. The third-order valence-electron chi connectivity index (χ3n) is 1.96. The Labute approximate surface area is 100 Å². The quantitative estimate of drug-likeness (QED) is 0.823. The summed E-state index contributed by atoms with van der Waals surface area (Å²) in [5, 5.41) is 0. The molecule has 1 N–H and O–H groups in total. The zero-order valence-electron chi connectivity index (χ0n) is 9.45. The number of aromatic nitrogens is 1. The topological polar surface area (TPSA) is 60.3 Å². The molecule has 1 rings (SSSR count). The number of carbonyl (C=O) groups is 1. The second-order valence-corrected chi connectivity index (χ2v) is 3.34. The molecule has 0 saturated heterocycles. The summed E-state index contributed by atoms with van der Waals surface area (Å²) in [6.45, 7) is 1.29. The number of carbonyl (C=O) groups excluding carboxylic acids is 1. The molecule has 1 aromatic rings. The lowest BCUT2D eigenvalue weighted by Gasteiger charge is -2.10. The van der Waals surface area contributed by atoms with E-state index < -0.39 is 29.8 Å². The molecule has 0 aliphatic carbocycles. The molecule has 1 amide bonds. The minimum absolute atomic E-state index is 0.212. The minimum Gasteiger partial charge on any atom is -0.305 e. The van der Waals surface area contributed by atoms with Crippen LogP contribution in [0.15, 0.2) is 23.1 Å². The first-order valence-corrected chi connectivity index (χ1v) is 5.03. The van der Waals surface area contributed by atoms with Gasteiger partial charge in [-0.05, 0) is 13.0 Å². The highest BCUT2D eigenvalue weighted by molar-refractivity contribution is 5.74. The van der Waals surface area contributed by atoms with Gasteiger partial charge in [-0.25, -0.2) is 5.48 Å². The van der Waals surface area contributed by atoms with E-state index in [1.165, 1.54) is 0 Å². The molecule has 100 valence electrons. The van der Waals surface area contributed by atoms with Gasteiger partial charge >= 0.3 is 6.18 Å². The standard InChI is InChI=1S/C10H11F3N2O3/c1-2-18-14-8(16)6-15-5-7(10(11,12)13)3-4-9(15)17/h3-5H,2,6H2,1H3,(H,14,16). The molecule has 0 spiro atoms. The highest BCUT2D eigenvalue weighted by Crippen LogP contribution is 2.27. The summed E-state index contributed by atoms with van der Waals surface area (Å²) in [7, 11) is 0. The molecule has 1 heterocycles. The van der Waals surface area contributed by atoms with Crippen molar-refractivity contribution in [2.45, 2.75) is 19.6 Å². The molecular weight excluding hydrogens is 253 g/mol. The second kappa shape index (κ2) is 5.67. The smallest absolute Gasteiger partial charge is 0.305 e. The first-order valence-electron chi connectivity index (χ1n) is 5.03. The van der Waals surface area contributed by atoms with Gasteiger partial charge in [-0.15, -0.1) is 0 Å². The third kappa shape index (κ3) is 3.88. The van der Waals surface area contributed by atoms with Crippen LogP contribution in [0, 0.1) is 0 Å². The van der Waals surface area contributed by atoms with E-state index in [9.17, 15) is 22.8 Å². The maximum absolute atomic E-state index is 12.4. The van der Waals surface area contributed by atoms with Crippen molar-refractivity contribution in [1.82, 2.24) is 10.0 Å². The van der Waals surface area contributed by atoms with Crippen LogP contribution in [-0.4, -0.2) is 17.1 Å². The van der Waals surface area contributed by atoms with Crippen molar-refractivity contribution < 1.29 is 22.8 Å². The number of amides is 1. The number of hydroxylamine groups is 1. The van der Waals surface area contributed by atoms with E-state index in [1.54, 1.807) is 6.92 Å². The minimum atomic E-state index is -4.56. The number of pyridine rings is 1. The highest BCUT2D eigenvalue weighted by atomic mass is 19.4. The van der Waals surface area contributed by atoms with Crippen molar-refractivity contribution in [3.8, 4) is 0 Å². The molecule has 0 unspecified atom stereocenters. The lowest BCUT2D eigenvalue weighted by atomic mass is 10.3. The van der Waals surface area contributed by atoms with E-state index in [2.05, 4.69) is 4.84 Å². The summed E-state index contributed by atoms with van der Waals surface area (Å²) in [6.07, 6.45) is -3.97. The van der Waals surface area contributed by atoms with E-state index in [1.807, 2.05) is 5.48 Å². The Hall–Kier alpha value is -1.83. The zero-order valence-corrected chi connectivity index (χ0v) is 9.45. The molecule has 0 atom stereocenters. The van der Waals surface area contributed by atoms with Crippen LogP contribution in [0.25, 0.3) is 0 Å². The zero-order chi connectivity index (χ0) is 13.8. The van der Waals surface area contributed by atoms with Crippen LogP contribution in [-0.2, 0) is 22.4 Å². The SMILES string of the molecule is CCONC(=O)Cn1cc(C(F)(F)F)ccc1=O. The molecule has 0 fully saturated rings. The number of hydrogen-bond acceptors (Lipinski definition) is 3. The van der Waals surface area contributed by atoms with Gasteiger partial charge in [0.25, 0.3) is 11.5 Å². The van der Waals surface area contributed by atoms with Crippen LogP contribution < -0.4 is 11.0 Å². The molecule has 5 nitrogen and oxygen atoms in total. The molecule has 0 aliphatic rings. The number of rotatable bonds is 4. The van der Waals surface area contributed by atoms with E-state index >= 15 is 0 Å². The molecule has 0 aromatic carbocycles. The van der Waals surface area contributed by atoms with Crippen LogP contribution >= 0.6 is 0 Å². The number of nitrogens with one attached hydrogen (secondary N) is 1. The van der Waals surface area contributed by atoms with Crippen LogP contribution in [0.1, 0.15) is 12.5 Å². The van der Waals surface area contributed by atoms with Crippen molar-refractivity contribution >= 4 is 5.91 Å². The molecule has 1 aromatic heterocycles. The monoisotopic (exact) mass is 264 g/mol. The molecule has 0 saturated carbocycles. The fraction of sp³-hybridized carbons (Fsp3) is 0.400. The maximum atomic E-state index is 12.4. The lowest BCUT2D eigenvalue weighted by molar-refractivity contribution is -0.139. The first kappa shape index (κ1) is 14.2. The van der Waals surface area contributed by atoms with E-state index in [0.29, 0.717) is 16.8 Å². The summed E-state index contributed by atoms with van der Waals surface area (Å²) in [6, 6.07) is 1.43. The Kier molecular flexibility index (Phi) is 4.49. The summed E-state index contributed by atoms with van der Waals surface area (Å²) in [5.41, 5.74) is 0.293. The second-order valence-electron chi connectivity index (χ2n) is 3.34. The van der Waals surface area contributed by atoms with Crippen molar-refractivity contribution in [1.29, 1.82) is 0 Å². The predicted molar refractivity (Wildman–Crippen MR) is 55.5 cm³/mol. The van der Waals surface area contributed by atoms with Gasteiger partial charge in [0.2, 0.25) is 0 Å². The van der Waals surface area contributed by atoms with Crippen molar-refractivity contribution in [2.24, 2.45) is 0 Å². The van der Waals surface area contributed by atoms with Crippen molar-refractivity contribution in [2.75, 3.05) is 6.61 Å². The van der Waals surface area contributed by atoms with Gasteiger partial charge in [-0.3, -0.25) is 14.4 Å². The van der Waals surface area contributed by atoms with Crippen LogP contribution in [0.4, 0.5) is 13.2 Å². The number of nitrogens with zero attached hydrogens (tertiary/aromatic N) is 1. The summed E-state index contributed by atoms with van der Waals surface area (Å²) >= 11 is 0. The van der Waals surface area contributed by atoms with E-state index in [0.717, 1.165) is 6.07 Å². The van der Waals surface area contributed by atoms with Gasteiger partial charge in [0, 0.05) is 12.3 Å². The van der Waals surface area contributed by atoms with Crippen LogP contribution in [0.5, 0.6) is 0 Å². The molecule has 0 radical (unpaired) electrons. The maximum Gasteiger partial charge on any atom is 0.417 e. The normalized spacial score (nSPS) is 11.3. The number of halogens is 3. The largest absolute Gasteiger partial charge is 0.417 e. The molecule has 0 bridgehead atoms. The molecular formula is C10H11F3N2O3. The number of hydrogen-bond donors (Lipinski definition) is 1. The Bertz CT molecular complexity index is 482. The molecule has 0 aliphatic heterocycles. The number of alkyl halides is 3. The average Bonchev–Trinajstić information content (AvgIpc) is 2.28. The summed E-state index contributed by atoms with van der Waals surface area (Å²) in [4.78, 5) is 27.1. The summed E-state index contributed by atoms with van der Waals surface area (Å²) < 4.78 is 37.9. The molecule has 8 heteroatoms. The Morgan fingerprint density at radius 2 is 2.11 bits per heavy atom. The van der Waals surface area contributed by atoms with Gasteiger partial charge in [0.1, 0.15) is 6.54 Å².